The van der Waals surface area contributed by atoms with Gasteiger partial charge in [0.1, 0.15) is 5.82 Å². The van der Waals surface area contributed by atoms with Crippen molar-refractivity contribution in [3.63, 3.8) is 0 Å². The Kier molecular flexibility index (Phi) is 10.9. The van der Waals surface area contributed by atoms with Crippen molar-refractivity contribution in [1.82, 2.24) is 24.6 Å². The summed E-state index contributed by atoms with van der Waals surface area (Å²) in [7, 11) is 4.14. The normalized spacial score (nSPS) is 11.3. The standard InChI is InChI=1S/C18H23N5.2C2HF3O2/c1-13-17(14(2)23(4)21-13)12-22(3)11-15-6-5-7-16(10-15)18-19-8-9-20-18;2*3-2(4,5)1(6)7/h5-10H,11-12H2,1-4H3,(H,19,20);2*(H,6,7). The molecular formula is C22H25F6N5O4. The van der Waals surface area contributed by atoms with Gasteiger partial charge in [0.2, 0.25) is 0 Å². The lowest BCUT2D eigenvalue weighted by Gasteiger charge is -2.17. The molecule has 0 saturated heterocycles. The number of nitrogens with one attached hydrogen (secondary N) is 1. The number of carboxylic acids is 2. The van der Waals surface area contributed by atoms with E-state index in [9.17, 15) is 26.3 Å². The molecule has 0 saturated carbocycles. The first kappa shape index (κ1) is 31.2. The van der Waals surface area contributed by atoms with E-state index in [-0.39, 0.29) is 0 Å². The fraction of sp³-hybridized carbons (Fsp3) is 0.364. The Hall–Kier alpha value is -3.88. The van der Waals surface area contributed by atoms with Gasteiger partial charge in [-0.25, -0.2) is 14.6 Å². The van der Waals surface area contributed by atoms with Crippen LogP contribution in [0.1, 0.15) is 22.5 Å². The molecular weight excluding hydrogens is 512 g/mol. The van der Waals surface area contributed by atoms with Gasteiger partial charge < -0.3 is 15.2 Å². The summed E-state index contributed by atoms with van der Waals surface area (Å²) in [6.07, 6.45) is -6.54. The summed E-state index contributed by atoms with van der Waals surface area (Å²) in [5, 5.41) is 18.7. The van der Waals surface area contributed by atoms with E-state index in [1.165, 1.54) is 16.8 Å². The molecule has 0 atom stereocenters. The smallest absolute Gasteiger partial charge is 0.475 e. The van der Waals surface area contributed by atoms with Crippen LogP contribution in [0.3, 0.4) is 0 Å². The Morgan fingerprint density at radius 3 is 1.97 bits per heavy atom. The zero-order valence-corrected chi connectivity index (χ0v) is 20.1. The molecule has 1 aromatic carbocycles. The fourth-order valence-electron chi connectivity index (χ4n) is 2.92. The molecule has 0 radical (unpaired) electrons. The number of aromatic amines is 1. The Morgan fingerprint density at radius 1 is 1.03 bits per heavy atom. The van der Waals surface area contributed by atoms with Crippen LogP contribution in [0.15, 0.2) is 36.7 Å². The number of aryl methyl sites for hydroxylation is 2. The Balaban J connectivity index is 0.000000404. The third kappa shape index (κ3) is 10.3. The third-order valence-corrected chi connectivity index (χ3v) is 4.72. The molecule has 3 N–H and O–H groups in total. The van der Waals surface area contributed by atoms with Crippen LogP contribution in [0.5, 0.6) is 0 Å². The lowest BCUT2D eigenvalue weighted by molar-refractivity contribution is -0.193. The van der Waals surface area contributed by atoms with Crippen molar-refractivity contribution < 1.29 is 46.1 Å². The molecule has 3 aromatic rings. The molecule has 9 nitrogen and oxygen atoms in total. The SMILES string of the molecule is Cc1nn(C)c(C)c1CN(C)Cc1cccc(-c2ncc[nH]2)c1.O=C(O)C(F)(F)F.O=C(O)C(F)(F)F. The van der Waals surface area contributed by atoms with Gasteiger partial charge in [0, 0.05) is 49.4 Å². The number of halogens is 6. The summed E-state index contributed by atoms with van der Waals surface area (Å²) in [6.45, 7) is 5.99. The maximum atomic E-state index is 10.6. The maximum absolute atomic E-state index is 10.6. The number of carbonyl (C=O) groups is 2. The second-order valence-corrected chi connectivity index (χ2v) is 7.69. The van der Waals surface area contributed by atoms with E-state index >= 15 is 0 Å². The fourth-order valence-corrected chi connectivity index (χ4v) is 2.92. The van der Waals surface area contributed by atoms with E-state index in [4.69, 9.17) is 19.8 Å². The third-order valence-electron chi connectivity index (χ3n) is 4.72. The van der Waals surface area contributed by atoms with E-state index in [0.29, 0.717) is 0 Å². The number of hydrogen-bond donors (Lipinski definition) is 3. The second-order valence-electron chi connectivity index (χ2n) is 7.69. The molecule has 2 aromatic heterocycles. The molecule has 0 bridgehead atoms. The van der Waals surface area contributed by atoms with Crippen LogP contribution in [0.4, 0.5) is 26.3 Å². The molecule has 15 heteroatoms. The topological polar surface area (TPSA) is 124 Å². The first-order chi connectivity index (χ1) is 16.9. The van der Waals surface area contributed by atoms with Gasteiger partial charge >= 0.3 is 24.3 Å². The Morgan fingerprint density at radius 2 is 1.57 bits per heavy atom. The lowest BCUT2D eigenvalue weighted by Crippen LogP contribution is -2.21. The van der Waals surface area contributed by atoms with Crippen molar-refractivity contribution in [1.29, 1.82) is 0 Å². The zero-order valence-electron chi connectivity index (χ0n) is 20.1. The van der Waals surface area contributed by atoms with Crippen LogP contribution in [0, 0.1) is 13.8 Å². The highest BCUT2D eigenvalue weighted by Gasteiger charge is 2.38. The highest BCUT2D eigenvalue weighted by atomic mass is 19.4. The molecule has 0 fully saturated rings. The van der Waals surface area contributed by atoms with E-state index in [0.717, 1.165) is 30.2 Å². The summed E-state index contributed by atoms with van der Waals surface area (Å²) in [5.41, 5.74) is 6.06. The molecule has 37 heavy (non-hydrogen) atoms. The van der Waals surface area contributed by atoms with Gasteiger partial charge in [0.05, 0.1) is 5.69 Å². The van der Waals surface area contributed by atoms with Crippen LogP contribution in [-0.4, -0.2) is 66.2 Å². The van der Waals surface area contributed by atoms with Gasteiger partial charge in [0.25, 0.3) is 0 Å². The first-order valence-electron chi connectivity index (χ1n) is 10.3. The number of carboxylic acid groups (broad SMARTS) is 2. The average Bonchev–Trinajstić information content (AvgIpc) is 3.38. The minimum Gasteiger partial charge on any atom is -0.475 e. The number of alkyl halides is 6. The van der Waals surface area contributed by atoms with Crippen molar-refractivity contribution in [2.45, 2.75) is 39.3 Å². The number of aromatic nitrogens is 4. The molecule has 0 amide bonds. The predicted octanol–water partition coefficient (Wildman–Crippen LogP) is 4.33. The summed E-state index contributed by atoms with van der Waals surface area (Å²) in [6, 6.07) is 8.52. The van der Waals surface area contributed by atoms with Crippen LogP contribution < -0.4 is 0 Å². The van der Waals surface area contributed by atoms with E-state index in [1.807, 2.05) is 17.9 Å². The number of hydrogen-bond acceptors (Lipinski definition) is 5. The van der Waals surface area contributed by atoms with E-state index in [1.54, 1.807) is 6.20 Å². The Labute approximate surface area is 207 Å². The second kappa shape index (κ2) is 12.9. The van der Waals surface area contributed by atoms with Gasteiger partial charge in [-0.15, -0.1) is 0 Å². The molecule has 204 valence electrons. The zero-order chi connectivity index (χ0) is 28.6. The van der Waals surface area contributed by atoms with Gasteiger partial charge in [-0.2, -0.15) is 31.4 Å². The number of rotatable bonds is 5. The molecule has 0 spiro atoms. The summed E-state index contributed by atoms with van der Waals surface area (Å²) in [4.78, 5) is 27.6. The first-order valence-corrected chi connectivity index (χ1v) is 10.3. The molecule has 0 aliphatic carbocycles. The number of imidazole rings is 1. The molecule has 0 aliphatic rings. The minimum atomic E-state index is -5.08. The predicted molar refractivity (Wildman–Crippen MR) is 119 cm³/mol. The molecule has 0 unspecified atom stereocenters. The monoisotopic (exact) mass is 537 g/mol. The van der Waals surface area contributed by atoms with Crippen molar-refractivity contribution >= 4 is 11.9 Å². The molecule has 2 heterocycles. The molecule has 0 aliphatic heterocycles. The summed E-state index contributed by atoms with van der Waals surface area (Å²) in [5.74, 6) is -4.60. The highest BCUT2D eigenvalue weighted by Crippen LogP contribution is 2.19. The van der Waals surface area contributed by atoms with E-state index < -0.39 is 24.3 Å². The Bertz CT molecular complexity index is 1150. The quantitative estimate of drug-likeness (QED) is 0.414. The molecule has 3 rings (SSSR count). The van der Waals surface area contributed by atoms with Gasteiger partial charge in [-0.1, -0.05) is 18.2 Å². The van der Waals surface area contributed by atoms with Crippen molar-refractivity contribution in [3.05, 3.63) is 59.2 Å². The van der Waals surface area contributed by atoms with Crippen molar-refractivity contribution in [2.75, 3.05) is 7.05 Å². The lowest BCUT2D eigenvalue weighted by atomic mass is 10.1. The van der Waals surface area contributed by atoms with E-state index in [2.05, 4.69) is 65.1 Å². The van der Waals surface area contributed by atoms with Crippen LogP contribution in [0.25, 0.3) is 11.4 Å². The number of benzene rings is 1. The van der Waals surface area contributed by atoms with Crippen molar-refractivity contribution in [3.8, 4) is 11.4 Å². The number of nitrogens with zero attached hydrogens (tertiary/aromatic N) is 4. The summed E-state index contributed by atoms with van der Waals surface area (Å²) >= 11 is 0. The largest absolute Gasteiger partial charge is 0.490 e. The highest BCUT2D eigenvalue weighted by molar-refractivity contribution is 5.73. The number of H-pyrrole nitrogens is 1. The van der Waals surface area contributed by atoms with Gasteiger partial charge in [-0.3, -0.25) is 9.58 Å². The van der Waals surface area contributed by atoms with Crippen LogP contribution in [-0.2, 0) is 29.7 Å². The van der Waals surface area contributed by atoms with Gasteiger partial charge in [-0.05, 0) is 32.5 Å². The minimum absolute atomic E-state index is 0.891. The van der Waals surface area contributed by atoms with Crippen molar-refractivity contribution in [2.24, 2.45) is 7.05 Å². The van der Waals surface area contributed by atoms with Gasteiger partial charge in [0.15, 0.2) is 0 Å². The summed E-state index contributed by atoms with van der Waals surface area (Å²) < 4.78 is 65.4. The average molecular weight is 537 g/mol. The van der Waals surface area contributed by atoms with Crippen LogP contribution >= 0.6 is 0 Å². The maximum Gasteiger partial charge on any atom is 0.490 e. The van der Waals surface area contributed by atoms with Crippen LogP contribution in [0.2, 0.25) is 0 Å². The number of aliphatic carboxylic acids is 2.